The number of piperidine rings is 1. The molecule has 0 radical (unpaired) electrons. The zero-order chi connectivity index (χ0) is 14.4. The van der Waals surface area contributed by atoms with Crippen LogP contribution in [0.2, 0.25) is 0 Å². The molecule has 110 valence electrons. The second-order valence-corrected chi connectivity index (χ2v) is 5.74. The number of nitrogens with two attached hydrogens (primary N) is 1. The van der Waals surface area contributed by atoms with Crippen molar-refractivity contribution >= 4 is 5.91 Å². The summed E-state index contributed by atoms with van der Waals surface area (Å²) < 4.78 is 0. The summed E-state index contributed by atoms with van der Waals surface area (Å²) >= 11 is 0. The number of nitrogens with zero attached hydrogens (tertiary/aromatic N) is 1. The molecule has 1 unspecified atom stereocenters. The van der Waals surface area contributed by atoms with E-state index in [-0.39, 0.29) is 0 Å². The molecular weight excluding hydrogens is 248 g/mol. The predicted octanol–water partition coefficient (Wildman–Crippen LogP) is 2.66. The molecule has 1 aliphatic rings. The molecule has 0 aliphatic carbocycles. The Bertz CT molecular complexity index is 442. The second-order valence-electron chi connectivity index (χ2n) is 5.74. The molecule has 1 atom stereocenters. The van der Waals surface area contributed by atoms with E-state index in [1.807, 2.05) is 12.1 Å². The Morgan fingerprint density at radius 1 is 1.35 bits per heavy atom. The molecule has 0 aromatic heterocycles. The molecule has 0 saturated carbocycles. The summed E-state index contributed by atoms with van der Waals surface area (Å²) in [5, 5.41) is 0. The van der Waals surface area contributed by atoms with E-state index in [4.69, 9.17) is 5.73 Å². The van der Waals surface area contributed by atoms with Gasteiger partial charge in [-0.15, -0.1) is 0 Å². The van der Waals surface area contributed by atoms with Gasteiger partial charge in [0.25, 0.3) is 0 Å². The number of hydrogen-bond donors (Lipinski definition) is 1. The van der Waals surface area contributed by atoms with Crippen LogP contribution in [0.15, 0.2) is 24.3 Å². The Morgan fingerprint density at radius 2 is 2.15 bits per heavy atom. The normalized spacial score (nSPS) is 19.1. The highest BCUT2D eigenvalue weighted by Crippen LogP contribution is 2.21. The van der Waals surface area contributed by atoms with E-state index >= 15 is 0 Å². The second kappa shape index (κ2) is 7.44. The van der Waals surface area contributed by atoms with Crippen molar-refractivity contribution in [3.05, 3.63) is 35.4 Å². The van der Waals surface area contributed by atoms with Gasteiger partial charge >= 0.3 is 0 Å². The minimum atomic E-state index is 0.298. The van der Waals surface area contributed by atoms with E-state index in [0.29, 0.717) is 24.9 Å². The number of carbonyl (C=O) groups excluding carboxylic acids is 1. The smallest absolute Gasteiger partial charge is 0.223 e. The first kappa shape index (κ1) is 15.0. The van der Waals surface area contributed by atoms with Gasteiger partial charge in [-0.3, -0.25) is 4.79 Å². The summed E-state index contributed by atoms with van der Waals surface area (Å²) in [5.41, 5.74) is 8.23. The average Bonchev–Trinajstić information content (AvgIpc) is 2.47. The lowest BCUT2D eigenvalue weighted by atomic mass is 9.97. The molecule has 1 aromatic rings. The molecule has 3 heteroatoms. The summed E-state index contributed by atoms with van der Waals surface area (Å²) in [6.07, 6.45) is 5.89. The van der Waals surface area contributed by atoms with Crippen molar-refractivity contribution in [3.63, 3.8) is 0 Å². The highest BCUT2D eigenvalue weighted by atomic mass is 16.2. The number of likely N-dealkylation sites (tertiary alicyclic amines) is 1. The fraction of sp³-hybridized carbons (Fsp3) is 0.588. The van der Waals surface area contributed by atoms with E-state index < -0.39 is 0 Å². The van der Waals surface area contributed by atoms with Gasteiger partial charge in [0, 0.05) is 19.0 Å². The maximum atomic E-state index is 12.5. The van der Waals surface area contributed by atoms with Crippen LogP contribution in [0.3, 0.4) is 0 Å². The van der Waals surface area contributed by atoms with Crippen molar-refractivity contribution in [1.82, 2.24) is 4.90 Å². The maximum Gasteiger partial charge on any atom is 0.223 e. The molecule has 1 aliphatic heterocycles. The first-order valence-electron chi connectivity index (χ1n) is 7.76. The third kappa shape index (κ3) is 3.83. The number of benzene rings is 1. The van der Waals surface area contributed by atoms with Gasteiger partial charge in [0.05, 0.1) is 0 Å². The van der Waals surface area contributed by atoms with Crippen molar-refractivity contribution in [1.29, 1.82) is 0 Å². The van der Waals surface area contributed by atoms with Crippen molar-refractivity contribution in [3.8, 4) is 0 Å². The summed E-state index contributed by atoms with van der Waals surface area (Å²) in [6.45, 7) is 3.70. The standard InChI is InChI=1S/C17H26N2O/c1-14-6-2-3-7-15(14)9-10-17(20)19-13-5-4-8-16(19)11-12-18/h2-3,6-7,16H,4-5,8-13,18H2,1H3. The van der Waals surface area contributed by atoms with Crippen molar-refractivity contribution in [2.45, 2.75) is 51.5 Å². The van der Waals surface area contributed by atoms with Gasteiger partial charge in [0.15, 0.2) is 0 Å². The highest BCUT2D eigenvalue weighted by molar-refractivity contribution is 5.77. The van der Waals surface area contributed by atoms with E-state index in [9.17, 15) is 4.79 Å². The molecule has 1 amide bonds. The van der Waals surface area contributed by atoms with Gasteiger partial charge in [-0.05, 0) is 56.7 Å². The first-order chi connectivity index (χ1) is 9.72. The lowest BCUT2D eigenvalue weighted by Gasteiger charge is -2.36. The van der Waals surface area contributed by atoms with Crippen LogP contribution in [0.25, 0.3) is 0 Å². The lowest BCUT2D eigenvalue weighted by molar-refractivity contribution is -0.134. The number of rotatable bonds is 5. The molecule has 3 nitrogen and oxygen atoms in total. The number of amides is 1. The minimum absolute atomic E-state index is 0.298. The molecule has 1 saturated heterocycles. The van der Waals surface area contributed by atoms with Crippen LogP contribution in [0, 0.1) is 6.92 Å². The van der Waals surface area contributed by atoms with Gasteiger partial charge in [0.2, 0.25) is 5.91 Å². The number of carbonyl (C=O) groups is 1. The zero-order valence-corrected chi connectivity index (χ0v) is 12.5. The van der Waals surface area contributed by atoms with Gasteiger partial charge < -0.3 is 10.6 Å². The Kier molecular flexibility index (Phi) is 5.60. The molecule has 0 spiro atoms. The summed E-state index contributed by atoms with van der Waals surface area (Å²) in [6, 6.07) is 8.69. The topological polar surface area (TPSA) is 46.3 Å². The van der Waals surface area contributed by atoms with Crippen LogP contribution in [-0.2, 0) is 11.2 Å². The Morgan fingerprint density at radius 3 is 2.90 bits per heavy atom. The fourth-order valence-electron chi connectivity index (χ4n) is 3.10. The van der Waals surface area contributed by atoms with E-state index in [1.54, 1.807) is 0 Å². The maximum absolute atomic E-state index is 12.5. The average molecular weight is 274 g/mol. The molecule has 1 heterocycles. The van der Waals surface area contributed by atoms with Gasteiger partial charge in [-0.2, -0.15) is 0 Å². The molecule has 0 bridgehead atoms. The van der Waals surface area contributed by atoms with Crippen molar-refractivity contribution in [2.24, 2.45) is 5.73 Å². The summed E-state index contributed by atoms with van der Waals surface area (Å²) in [5.74, 6) is 0.298. The molecular formula is C17H26N2O. The third-order valence-electron chi connectivity index (χ3n) is 4.32. The van der Waals surface area contributed by atoms with Crippen LogP contribution in [-0.4, -0.2) is 29.9 Å². The quantitative estimate of drug-likeness (QED) is 0.897. The predicted molar refractivity (Wildman–Crippen MR) is 82.5 cm³/mol. The molecule has 1 aromatic carbocycles. The van der Waals surface area contributed by atoms with Crippen molar-refractivity contribution in [2.75, 3.05) is 13.1 Å². The van der Waals surface area contributed by atoms with E-state index in [0.717, 1.165) is 32.2 Å². The lowest BCUT2D eigenvalue weighted by Crippen LogP contribution is -2.44. The van der Waals surface area contributed by atoms with Crippen LogP contribution in [0.5, 0.6) is 0 Å². The fourth-order valence-corrected chi connectivity index (χ4v) is 3.10. The number of hydrogen-bond acceptors (Lipinski definition) is 2. The van der Waals surface area contributed by atoms with Gasteiger partial charge in [0.1, 0.15) is 0 Å². The molecule has 2 rings (SSSR count). The summed E-state index contributed by atoms with van der Waals surface area (Å²) in [4.78, 5) is 14.5. The van der Waals surface area contributed by atoms with Crippen LogP contribution < -0.4 is 5.73 Å². The van der Waals surface area contributed by atoms with E-state index in [1.165, 1.54) is 17.5 Å². The Balaban J connectivity index is 1.91. The minimum Gasteiger partial charge on any atom is -0.340 e. The van der Waals surface area contributed by atoms with Gasteiger partial charge in [-0.1, -0.05) is 24.3 Å². The van der Waals surface area contributed by atoms with Crippen LogP contribution >= 0.6 is 0 Å². The monoisotopic (exact) mass is 274 g/mol. The zero-order valence-electron chi connectivity index (χ0n) is 12.5. The van der Waals surface area contributed by atoms with Crippen LogP contribution in [0.4, 0.5) is 0 Å². The third-order valence-corrected chi connectivity index (χ3v) is 4.32. The molecule has 1 fully saturated rings. The van der Waals surface area contributed by atoms with Crippen molar-refractivity contribution < 1.29 is 4.79 Å². The first-order valence-corrected chi connectivity index (χ1v) is 7.76. The molecule has 2 N–H and O–H groups in total. The highest BCUT2D eigenvalue weighted by Gasteiger charge is 2.25. The van der Waals surface area contributed by atoms with E-state index in [2.05, 4.69) is 24.0 Å². The van der Waals surface area contributed by atoms with Crippen LogP contribution in [0.1, 0.15) is 43.2 Å². The summed E-state index contributed by atoms with van der Waals surface area (Å²) in [7, 11) is 0. The Hall–Kier alpha value is -1.35. The number of aryl methyl sites for hydroxylation is 2. The van der Waals surface area contributed by atoms with Gasteiger partial charge in [-0.25, -0.2) is 0 Å². The Labute approximate surface area is 122 Å². The molecule has 20 heavy (non-hydrogen) atoms. The largest absolute Gasteiger partial charge is 0.340 e. The SMILES string of the molecule is Cc1ccccc1CCC(=O)N1CCCCC1CCN.